The Balaban J connectivity index is 2.06. The van der Waals surface area contributed by atoms with Gasteiger partial charge in [-0.1, -0.05) is 17.7 Å². The number of fused-ring (bicyclic) bond motifs is 1. The summed E-state index contributed by atoms with van der Waals surface area (Å²) in [7, 11) is -2.28. The van der Waals surface area contributed by atoms with E-state index in [2.05, 4.69) is 4.98 Å². The Kier molecular flexibility index (Phi) is 3.48. The monoisotopic (exact) mass is 325 g/mol. The molecule has 3 heterocycles. The Bertz CT molecular complexity index is 871. The number of nitrogens with zero attached hydrogens (tertiary/aromatic N) is 3. The SMILES string of the molecule is CN(Cc1ccoc1)S(=O)(=O)c1c(Cl)nc2ccccn12. The Hall–Kier alpha value is -1.83. The average Bonchev–Trinajstić information content (AvgIpc) is 3.04. The van der Waals surface area contributed by atoms with Crippen molar-refractivity contribution in [2.75, 3.05) is 7.05 Å². The zero-order chi connectivity index (χ0) is 15.0. The van der Waals surface area contributed by atoms with Crippen LogP contribution in [0.5, 0.6) is 0 Å². The van der Waals surface area contributed by atoms with Gasteiger partial charge in [0.15, 0.2) is 10.2 Å². The lowest BCUT2D eigenvalue weighted by atomic mass is 10.3. The maximum absolute atomic E-state index is 12.7. The molecule has 3 aromatic rings. The van der Waals surface area contributed by atoms with E-state index in [1.165, 1.54) is 28.3 Å². The molecule has 0 spiro atoms. The zero-order valence-electron chi connectivity index (χ0n) is 11.1. The van der Waals surface area contributed by atoms with E-state index in [1.807, 2.05) is 0 Å². The molecule has 0 aliphatic rings. The molecule has 21 heavy (non-hydrogen) atoms. The fourth-order valence-corrected chi connectivity index (χ4v) is 3.79. The van der Waals surface area contributed by atoms with Crippen molar-refractivity contribution >= 4 is 27.3 Å². The van der Waals surface area contributed by atoms with E-state index >= 15 is 0 Å². The van der Waals surface area contributed by atoms with Crippen LogP contribution in [-0.4, -0.2) is 29.2 Å². The molecule has 0 saturated carbocycles. The summed E-state index contributed by atoms with van der Waals surface area (Å²) in [6.45, 7) is 0.190. The summed E-state index contributed by atoms with van der Waals surface area (Å²) >= 11 is 6.02. The molecule has 0 unspecified atom stereocenters. The Morgan fingerprint density at radius 1 is 1.38 bits per heavy atom. The molecule has 3 aromatic heterocycles. The minimum atomic E-state index is -3.77. The predicted molar refractivity (Wildman–Crippen MR) is 77.6 cm³/mol. The van der Waals surface area contributed by atoms with Gasteiger partial charge in [0.2, 0.25) is 0 Å². The molecule has 3 rings (SSSR count). The van der Waals surface area contributed by atoms with Crippen molar-refractivity contribution in [3.8, 4) is 0 Å². The van der Waals surface area contributed by atoms with Crippen LogP contribution in [-0.2, 0) is 16.6 Å². The molecule has 0 N–H and O–H groups in total. The number of imidazole rings is 1. The van der Waals surface area contributed by atoms with Crippen molar-refractivity contribution in [2.45, 2.75) is 11.6 Å². The lowest BCUT2D eigenvalue weighted by Gasteiger charge is -2.16. The van der Waals surface area contributed by atoms with Gasteiger partial charge in [-0.2, -0.15) is 4.31 Å². The third kappa shape index (κ3) is 2.44. The Morgan fingerprint density at radius 3 is 2.90 bits per heavy atom. The first kappa shape index (κ1) is 14.1. The van der Waals surface area contributed by atoms with Gasteiger partial charge in [-0.3, -0.25) is 4.40 Å². The quantitative estimate of drug-likeness (QED) is 0.738. The maximum Gasteiger partial charge on any atom is 0.262 e. The van der Waals surface area contributed by atoms with Crippen molar-refractivity contribution in [1.29, 1.82) is 0 Å². The van der Waals surface area contributed by atoms with Gasteiger partial charge in [-0.15, -0.1) is 0 Å². The van der Waals surface area contributed by atoms with Gasteiger partial charge in [-0.25, -0.2) is 13.4 Å². The minimum absolute atomic E-state index is 0.0363. The number of pyridine rings is 1. The number of halogens is 1. The Morgan fingerprint density at radius 2 is 2.19 bits per heavy atom. The average molecular weight is 326 g/mol. The lowest BCUT2D eigenvalue weighted by molar-refractivity contribution is 0.460. The summed E-state index contributed by atoms with van der Waals surface area (Å²) in [4.78, 5) is 4.06. The highest BCUT2D eigenvalue weighted by Crippen LogP contribution is 2.25. The predicted octanol–water partition coefficient (Wildman–Crippen LogP) is 2.40. The summed E-state index contributed by atoms with van der Waals surface area (Å²) in [6, 6.07) is 6.90. The van der Waals surface area contributed by atoms with Crippen LogP contribution < -0.4 is 0 Å². The Labute approximate surface area is 126 Å². The van der Waals surface area contributed by atoms with Gasteiger partial charge >= 0.3 is 0 Å². The maximum atomic E-state index is 12.7. The molecule has 0 aliphatic heterocycles. The fourth-order valence-electron chi connectivity index (χ4n) is 2.05. The number of aromatic nitrogens is 2. The molecule has 0 radical (unpaired) electrons. The van der Waals surface area contributed by atoms with Gasteiger partial charge in [0.05, 0.1) is 12.5 Å². The largest absolute Gasteiger partial charge is 0.472 e. The molecular weight excluding hydrogens is 314 g/mol. The van der Waals surface area contributed by atoms with E-state index in [4.69, 9.17) is 16.0 Å². The zero-order valence-corrected chi connectivity index (χ0v) is 12.7. The van der Waals surface area contributed by atoms with E-state index in [9.17, 15) is 8.42 Å². The first-order valence-electron chi connectivity index (χ1n) is 6.10. The first-order chi connectivity index (χ1) is 10.00. The fraction of sp³-hybridized carbons (Fsp3) is 0.154. The molecule has 0 bridgehead atoms. The van der Waals surface area contributed by atoms with E-state index in [1.54, 1.807) is 30.5 Å². The molecule has 6 nitrogen and oxygen atoms in total. The summed E-state index contributed by atoms with van der Waals surface area (Å²) < 4.78 is 33.0. The number of rotatable bonds is 4. The summed E-state index contributed by atoms with van der Waals surface area (Å²) in [5.74, 6) is 0. The van der Waals surface area contributed by atoms with E-state index < -0.39 is 10.0 Å². The van der Waals surface area contributed by atoms with Crippen LogP contribution in [0.25, 0.3) is 5.65 Å². The molecule has 0 amide bonds. The highest BCUT2D eigenvalue weighted by Gasteiger charge is 2.28. The van der Waals surface area contributed by atoms with Crippen LogP contribution >= 0.6 is 11.6 Å². The van der Waals surface area contributed by atoms with Gasteiger partial charge in [-0.05, 0) is 18.2 Å². The van der Waals surface area contributed by atoms with Gasteiger partial charge in [0.1, 0.15) is 5.65 Å². The van der Waals surface area contributed by atoms with Crippen LogP contribution in [0.15, 0.2) is 52.4 Å². The number of sulfonamides is 1. The van der Waals surface area contributed by atoms with Crippen molar-refractivity contribution in [3.63, 3.8) is 0 Å². The van der Waals surface area contributed by atoms with Crippen molar-refractivity contribution in [1.82, 2.24) is 13.7 Å². The second-order valence-corrected chi connectivity index (χ2v) is 6.85. The molecular formula is C13H12ClN3O3S. The summed E-state index contributed by atoms with van der Waals surface area (Å²) in [5.41, 5.74) is 1.24. The standard InChI is InChI=1S/C13H12ClN3O3S/c1-16(8-10-5-7-20-9-10)21(18,19)13-12(14)15-11-4-2-3-6-17(11)13/h2-7,9H,8H2,1H3. The number of furan rings is 1. The number of hydrogen-bond acceptors (Lipinski definition) is 4. The van der Waals surface area contributed by atoms with Crippen molar-refractivity contribution in [2.24, 2.45) is 0 Å². The minimum Gasteiger partial charge on any atom is -0.472 e. The highest BCUT2D eigenvalue weighted by atomic mass is 35.5. The molecule has 0 fully saturated rings. The highest BCUT2D eigenvalue weighted by molar-refractivity contribution is 7.89. The van der Waals surface area contributed by atoms with Crippen molar-refractivity contribution < 1.29 is 12.8 Å². The molecule has 0 saturated heterocycles. The summed E-state index contributed by atoms with van der Waals surface area (Å²) in [5, 5.41) is -0.0778. The molecule has 0 aromatic carbocycles. The lowest BCUT2D eigenvalue weighted by Crippen LogP contribution is -2.27. The molecule has 0 atom stereocenters. The van der Waals surface area contributed by atoms with E-state index in [-0.39, 0.29) is 16.7 Å². The normalized spacial score (nSPS) is 12.3. The van der Waals surface area contributed by atoms with E-state index in [0.717, 1.165) is 5.56 Å². The second kappa shape index (κ2) is 5.18. The molecule has 0 aliphatic carbocycles. The van der Waals surface area contributed by atoms with Crippen LogP contribution in [0.1, 0.15) is 5.56 Å². The molecule has 8 heteroatoms. The number of hydrogen-bond donors (Lipinski definition) is 0. The van der Waals surface area contributed by atoms with Gasteiger partial charge < -0.3 is 4.42 Å². The topological polar surface area (TPSA) is 67.8 Å². The first-order valence-corrected chi connectivity index (χ1v) is 7.92. The van der Waals surface area contributed by atoms with Gasteiger partial charge in [0.25, 0.3) is 10.0 Å². The third-order valence-corrected chi connectivity index (χ3v) is 5.29. The van der Waals surface area contributed by atoms with Crippen LogP contribution in [0.2, 0.25) is 5.15 Å². The van der Waals surface area contributed by atoms with Gasteiger partial charge in [0, 0.05) is 25.4 Å². The van der Waals surface area contributed by atoms with Crippen molar-refractivity contribution in [3.05, 3.63) is 53.7 Å². The second-order valence-electron chi connectivity index (χ2n) is 4.53. The summed E-state index contributed by atoms with van der Waals surface area (Å²) in [6.07, 6.45) is 4.62. The smallest absolute Gasteiger partial charge is 0.262 e. The van der Waals surface area contributed by atoms with Crippen LogP contribution in [0.4, 0.5) is 0 Å². The third-order valence-electron chi connectivity index (χ3n) is 3.09. The van der Waals surface area contributed by atoms with E-state index in [0.29, 0.717) is 5.65 Å². The van der Waals surface area contributed by atoms with Crippen LogP contribution in [0, 0.1) is 0 Å². The molecule has 110 valence electrons. The van der Waals surface area contributed by atoms with Crippen LogP contribution in [0.3, 0.4) is 0 Å².